The predicted octanol–water partition coefficient (Wildman–Crippen LogP) is 7.85. The normalized spacial score (nSPS) is 12.2. The van der Waals surface area contributed by atoms with E-state index in [1.165, 1.54) is 103 Å². The van der Waals surface area contributed by atoms with Crippen LogP contribution in [0.4, 0.5) is 0 Å². The molecule has 2 atom stereocenters. The molecule has 0 aliphatic heterocycles. The van der Waals surface area contributed by atoms with Gasteiger partial charge in [0.2, 0.25) is 0 Å². The third-order valence-electron chi connectivity index (χ3n) is 5.63. The van der Waals surface area contributed by atoms with Crippen LogP contribution in [0.25, 0.3) is 0 Å². The van der Waals surface area contributed by atoms with Crippen LogP contribution in [-0.2, 0) is 9.59 Å². The number of terminal acetylenes is 2. The van der Waals surface area contributed by atoms with Crippen molar-refractivity contribution < 1.29 is 30.0 Å². The zero-order valence-electron chi connectivity index (χ0n) is 25.1. The Morgan fingerprint density at radius 1 is 0.525 bits per heavy atom. The Morgan fingerprint density at radius 2 is 0.725 bits per heavy atom. The van der Waals surface area contributed by atoms with Crippen LogP contribution in [0.5, 0.6) is 0 Å². The van der Waals surface area contributed by atoms with E-state index < -0.39 is 24.1 Å². The van der Waals surface area contributed by atoms with Gasteiger partial charge < -0.3 is 20.4 Å². The summed E-state index contributed by atoms with van der Waals surface area (Å²) >= 11 is 0. The third kappa shape index (κ3) is 51.8. The van der Waals surface area contributed by atoms with Gasteiger partial charge in [-0.15, -0.1) is 12.8 Å². The smallest absolute Gasteiger partial charge is 0.300 e. The van der Waals surface area contributed by atoms with Crippen LogP contribution in [0.15, 0.2) is 36.5 Å². The highest BCUT2D eigenvalue weighted by Gasteiger charge is 1.94. The van der Waals surface area contributed by atoms with E-state index in [9.17, 15) is 10.2 Å². The van der Waals surface area contributed by atoms with Gasteiger partial charge in [-0.2, -0.15) is 0 Å². The monoisotopic (exact) mass is 560 g/mol. The van der Waals surface area contributed by atoms with Crippen LogP contribution in [0.3, 0.4) is 0 Å². The summed E-state index contributed by atoms with van der Waals surface area (Å²) in [6, 6.07) is 0. The molecular formula is C34H56O6. The van der Waals surface area contributed by atoms with Crippen molar-refractivity contribution in [3.8, 4) is 24.7 Å². The van der Waals surface area contributed by atoms with Crippen LogP contribution in [0.1, 0.15) is 129 Å². The lowest BCUT2D eigenvalue weighted by Crippen LogP contribution is -1.95. The van der Waals surface area contributed by atoms with Gasteiger partial charge in [-0.25, -0.2) is 0 Å². The van der Waals surface area contributed by atoms with Gasteiger partial charge in [-0.1, -0.05) is 100 Å². The molecule has 0 saturated carbocycles. The minimum Gasteiger partial charge on any atom is -0.481 e. The van der Waals surface area contributed by atoms with Crippen LogP contribution in [0.2, 0.25) is 0 Å². The molecule has 0 aliphatic rings. The highest BCUT2D eigenvalue weighted by Crippen LogP contribution is 2.12. The molecule has 6 heteroatoms. The number of hydrogen-bond donors (Lipinski definition) is 4. The first kappa shape index (κ1) is 41.7. The van der Waals surface area contributed by atoms with E-state index in [1.807, 2.05) is 12.2 Å². The highest BCUT2D eigenvalue weighted by atomic mass is 16.4. The van der Waals surface area contributed by atoms with Gasteiger partial charge in [0.05, 0.1) is 0 Å². The number of aliphatic carboxylic acids is 2. The maximum Gasteiger partial charge on any atom is 0.300 e. The first-order chi connectivity index (χ1) is 19.2. The first-order valence-electron chi connectivity index (χ1n) is 14.8. The van der Waals surface area contributed by atoms with Crippen molar-refractivity contribution >= 4 is 11.9 Å². The zero-order chi connectivity index (χ0) is 30.7. The molecule has 0 aromatic rings. The van der Waals surface area contributed by atoms with E-state index in [-0.39, 0.29) is 0 Å². The summed E-state index contributed by atoms with van der Waals surface area (Å²) in [5.74, 6) is 2.91. The molecule has 6 nitrogen and oxygen atoms in total. The van der Waals surface area contributed by atoms with Gasteiger partial charge >= 0.3 is 0 Å². The fraction of sp³-hybridized carbons (Fsp3) is 0.647. The topological polar surface area (TPSA) is 115 Å². The number of hydrogen-bond acceptors (Lipinski definition) is 4. The minimum absolute atomic E-state index is 0.721. The van der Waals surface area contributed by atoms with Crippen molar-refractivity contribution in [2.75, 3.05) is 0 Å². The maximum absolute atomic E-state index is 9.21. The Bertz CT molecular complexity index is 669. The number of rotatable bonds is 22. The van der Waals surface area contributed by atoms with Crippen molar-refractivity contribution in [3.63, 3.8) is 0 Å². The van der Waals surface area contributed by atoms with Gasteiger partial charge in [0.25, 0.3) is 11.9 Å². The summed E-state index contributed by atoms with van der Waals surface area (Å²) in [7, 11) is 0. The maximum atomic E-state index is 9.21. The summed E-state index contributed by atoms with van der Waals surface area (Å²) in [6.45, 7) is 2.17. The van der Waals surface area contributed by atoms with Crippen molar-refractivity contribution in [1.82, 2.24) is 0 Å². The average Bonchev–Trinajstić information content (AvgIpc) is 2.90. The van der Waals surface area contributed by atoms with Crippen LogP contribution < -0.4 is 0 Å². The standard InChI is InChI=1S/C30H48O2.2C2H4O2/c1-3-29(31)27-25-23-21-19-17-15-13-11-9-7-5-6-8-10-12-14-16-18-20-22-24-26-28-30(32)4-2;2*1-2(3)4/h1-2,5-6,25-32H,7-24H2;2*1H3,(H,3,4). The Kier molecular flexibility index (Phi) is 37.7. The number of aliphatic hydroxyl groups excluding tert-OH is 2. The van der Waals surface area contributed by atoms with Gasteiger partial charge in [0.1, 0.15) is 12.2 Å². The molecule has 0 spiro atoms. The second-order valence-corrected chi connectivity index (χ2v) is 9.69. The number of carbonyl (C=O) groups is 2. The molecule has 0 heterocycles. The fourth-order valence-electron chi connectivity index (χ4n) is 3.61. The van der Waals surface area contributed by atoms with Gasteiger partial charge in [-0.05, 0) is 63.5 Å². The molecule has 0 amide bonds. The average molecular weight is 561 g/mol. The van der Waals surface area contributed by atoms with Gasteiger partial charge in [0, 0.05) is 13.8 Å². The van der Waals surface area contributed by atoms with E-state index in [2.05, 4.69) is 24.0 Å². The summed E-state index contributed by atoms with van der Waals surface area (Å²) in [4.78, 5) is 18.0. The number of allylic oxidation sites excluding steroid dienone is 4. The molecule has 2 unspecified atom stereocenters. The molecule has 0 radical (unpaired) electrons. The minimum atomic E-state index is -0.833. The molecule has 0 saturated heterocycles. The Balaban J connectivity index is -0.00000150. The molecule has 4 N–H and O–H groups in total. The van der Waals surface area contributed by atoms with Crippen molar-refractivity contribution in [1.29, 1.82) is 0 Å². The fourth-order valence-corrected chi connectivity index (χ4v) is 3.61. The molecule has 0 aliphatic carbocycles. The van der Waals surface area contributed by atoms with E-state index in [0.717, 1.165) is 26.7 Å². The largest absolute Gasteiger partial charge is 0.481 e. The molecule has 0 fully saturated rings. The number of unbranched alkanes of at least 4 members (excludes halogenated alkanes) is 16. The highest BCUT2D eigenvalue weighted by molar-refractivity contribution is 5.63. The van der Waals surface area contributed by atoms with Crippen LogP contribution in [0, 0.1) is 24.7 Å². The molecule has 40 heavy (non-hydrogen) atoms. The summed E-state index contributed by atoms with van der Waals surface area (Å²) in [5, 5.41) is 33.2. The Labute approximate surface area is 244 Å². The molecule has 228 valence electrons. The lowest BCUT2D eigenvalue weighted by molar-refractivity contribution is -0.135. The number of aliphatic hydroxyl groups is 2. The summed E-state index contributed by atoms with van der Waals surface area (Å²) in [5.41, 5.74) is 0. The molecule has 0 aromatic carbocycles. The van der Waals surface area contributed by atoms with Crippen LogP contribution >= 0.6 is 0 Å². The molecular weight excluding hydrogens is 504 g/mol. The lowest BCUT2D eigenvalue weighted by Gasteiger charge is -2.01. The predicted molar refractivity (Wildman–Crippen MR) is 167 cm³/mol. The zero-order valence-corrected chi connectivity index (χ0v) is 25.1. The van der Waals surface area contributed by atoms with E-state index in [1.54, 1.807) is 12.2 Å². The van der Waals surface area contributed by atoms with E-state index in [4.69, 9.17) is 32.6 Å². The Morgan fingerprint density at radius 3 is 0.950 bits per heavy atom. The van der Waals surface area contributed by atoms with Crippen molar-refractivity contribution in [2.45, 2.75) is 142 Å². The van der Waals surface area contributed by atoms with Crippen molar-refractivity contribution in [3.05, 3.63) is 36.5 Å². The van der Waals surface area contributed by atoms with Gasteiger partial charge in [0.15, 0.2) is 0 Å². The number of carboxylic acid groups (broad SMARTS) is 2. The van der Waals surface area contributed by atoms with E-state index >= 15 is 0 Å². The van der Waals surface area contributed by atoms with E-state index in [0.29, 0.717) is 0 Å². The lowest BCUT2D eigenvalue weighted by atomic mass is 10.1. The summed E-state index contributed by atoms with van der Waals surface area (Å²) < 4.78 is 0. The molecule has 0 bridgehead atoms. The second-order valence-electron chi connectivity index (χ2n) is 9.69. The number of carboxylic acids is 2. The first-order valence-corrected chi connectivity index (χ1v) is 14.8. The van der Waals surface area contributed by atoms with Crippen molar-refractivity contribution in [2.24, 2.45) is 0 Å². The SMILES string of the molecule is C#CC(O)C=CCCCCCCCCCC=CCCCCCCCCCC=CC(O)C#C.CC(=O)O.CC(=O)O. The quantitative estimate of drug-likeness (QED) is 0.0609. The Hall–Kier alpha value is -2.80. The van der Waals surface area contributed by atoms with Crippen LogP contribution in [-0.4, -0.2) is 44.6 Å². The summed E-state index contributed by atoms with van der Waals surface area (Å²) in [6.07, 6.45) is 43.7. The molecule has 0 rings (SSSR count). The third-order valence-corrected chi connectivity index (χ3v) is 5.63. The second kappa shape index (κ2) is 36.2. The van der Waals surface area contributed by atoms with Gasteiger partial charge in [-0.3, -0.25) is 9.59 Å². The molecule has 0 aromatic heterocycles.